The summed E-state index contributed by atoms with van der Waals surface area (Å²) in [6.07, 6.45) is 1.41. The van der Waals surface area contributed by atoms with Crippen LogP contribution in [0.2, 0.25) is 0 Å². The first-order chi connectivity index (χ1) is 9.90. The molecule has 0 amide bonds. The summed E-state index contributed by atoms with van der Waals surface area (Å²) in [5.41, 5.74) is 4.84. The molecule has 1 heterocycles. The molecule has 10 nitrogen and oxygen atoms in total. The molecule has 112 valence electrons. The lowest BCUT2D eigenvalue weighted by molar-refractivity contribution is -0.384. The van der Waals surface area contributed by atoms with Gasteiger partial charge in [-0.2, -0.15) is 4.98 Å². The first-order valence-corrected chi connectivity index (χ1v) is 7.17. The minimum absolute atomic E-state index is 0.0166. The predicted octanol–water partition coefficient (Wildman–Crippen LogP) is 0.0810. The molecule has 0 atom stereocenters. The summed E-state index contributed by atoms with van der Waals surface area (Å²) in [5.74, 6) is 0.279. The van der Waals surface area contributed by atoms with Crippen LogP contribution in [-0.2, 0) is 16.4 Å². The van der Waals surface area contributed by atoms with Crippen LogP contribution in [-0.4, -0.2) is 30.0 Å². The van der Waals surface area contributed by atoms with Crippen molar-refractivity contribution >= 4 is 21.4 Å². The van der Waals surface area contributed by atoms with E-state index in [1.165, 1.54) is 18.5 Å². The highest BCUT2D eigenvalue weighted by Crippen LogP contribution is 2.24. The van der Waals surface area contributed by atoms with Gasteiger partial charge in [-0.05, 0) is 12.1 Å². The first kappa shape index (κ1) is 14.9. The van der Waals surface area contributed by atoms with E-state index in [0.29, 0.717) is 0 Å². The summed E-state index contributed by atoms with van der Waals surface area (Å²) < 4.78 is 31.0. The van der Waals surface area contributed by atoms with Gasteiger partial charge >= 0.3 is 0 Å². The number of nitrogens with zero attached hydrogens (tertiary/aromatic N) is 3. The van der Waals surface area contributed by atoms with Crippen molar-refractivity contribution in [1.82, 2.24) is 14.9 Å². The van der Waals surface area contributed by atoms with E-state index in [2.05, 4.69) is 14.9 Å². The van der Waals surface area contributed by atoms with Crippen LogP contribution in [0.15, 0.2) is 33.9 Å². The standard InChI is InChI=1S/C10H11N5O5S/c11-8-2-1-7(5-9(8)15(16)17)21(18,19)14-4-3-10-12-6-13-20-10/h1-2,5-6,14H,3-4,11H2. The van der Waals surface area contributed by atoms with Crippen molar-refractivity contribution in [3.63, 3.8) is 0 Å². The molecule has 0 saturated heterocycles. The Kier molecular flexibility index (Phi) is 4.14. The van der Waals surface area contributed by atoms with Crippen molar-refractivity contribution in [1.29, 1.82) is 0 Å². The maximum Gasteiger partial charge on any atom is 0.293 e. The minimum atomic E-state index is -3.89. The van der Waals surface area contributed by atoms with Crippen LogP contribution in [0.3, 0.4) is 0 Å². The summed E-state index contributed by atoms with van der Waals surface area (Å²) in [4.78, 5) is 13.5. The minimum Gasteiger partial charge on any atom is -0.393 e. The van der Waals surface area contributed by atoms with Gasteiger partial charge in [-0.3, -0.25) is 10.1 Å². The Bertz CT molecular complexity index is 743. The monoisotopic (exact) mass is 313 g/mol. The molecule has 11 heteroatoms. The van der Waals surface area contributed by atoms with Gasteiger partial charge in [-0.25, -0.2) is 13.1 Å². The van der Waals surface area contributed by atoms with Gasteiger partial charge in [0, 0.05) is 19.0 Å². The number of hydrogen-bond donors (Lipinski definition) is 2. The lowest BCUT2D eigenvalue weighted by Crippen LogP contribution is -2.26. The summed E-state index contributed by atoms with van der Waals surface area (Å²) in [6, 6.07) is 3.27. The summed E-state index contributed by atoms with van der Waals surface area (Å²) in [6.45, 7) is 0.0166. The highest BCUT2D eigenvalue weighted by molar-refractivity contribution is 7.89. The van der Waals surface area contributed by atoms with Gasteiger partial charge in [0.05, 0.1) is 9.82 Å². The quantitative estimate of drug-likeness (QED) is 0.431. The van der Waals surface area contributed by atoms with Gasteiger partial charge in [0.2, 0.25) is 15.9 Å². The van der Waals surface area contributed by atoms with E-state index in [0.717, 1.165) is 6.07 Å². The van der Waals surface area contributed by atoms with Gasteiger partial charge in [-0.15, -0.1) is 0 Å². The number of nitrogen functional groups attached to an aromatic ring is 1. The number of nitrogens with two attached hydrogens (primary N) is 1. The summed E-state index contributed by atoms with van der Waals surface area (Å²) in [5, 5.41) is 14.1. The SMILES string of the molecule is Nc1ccc(S(=O)(=O)NCCc2ncno2)cc1[N+](=O)[O-]. The lowest BCUT2D eigenvalue weighted by Gasteiger charge is -2.06. The van der Waals surface area contributed by atoms with Crippen LogP contribution in [0.4, 0.5) is 11.4 Å². The van der Waals surface area contributed by atoms with E-state index < -0.39 is 20.6 Å². The van der Waals surface area contributed by atoms with Gasteiger partial charge in [0.15, 0.2) is 6.33 Å². The van der Waals surface area contributed by atoms with Gasteiger partial charge in [0.25, 0.3) is 5.69 Å². The fourth-order valence-corrected chi connectivity index (χ4v) is 2.58. The van der Waals surface area contributed by atoms with Crippen molar-refractivity contribution in [2.75, 3.05) is 12.3 Å². The second kappa shape index (κ2) is 5.85. The Labute approximate surface area is 119 Å². The van der Waals surface area contributed by atoms with Crippen LogP contribution in [0.1, 0.15) is 5.89 Å². The zero-order valence-electron chi connectivity index (χ0n) is 10.6. The van der Waals surface area contributed by atoms with E-state index in [1.54, 1.807) is 0 Å². The molecular weight excluding hydrogens is 302 g/mol. The van der Waals surface area contributed by atoms with Crippen molar-refractivity contribution in [2.45, 2.75) is 11.3 Å². The van der Waals surface area contributed by atoms with Crippen LogP contribution < -0.4 is 10.5 Å². The molecule has 21 heavy (non-hydrogen) atoms. The van der Waals surface area contributed by atoms with Gasteiger partial charge in [-0.1, -0.05) is 5.16 Å². The third-order valence-electron chi connectivity index (χ3n) is 2.55. The highest BCUT2D eigenvalue weighted by Gasteiger charge is 2.20. The normalized spacial score (nSPS) is 11.4. The van der Waals surface area contributed by atoms with E-state index in [-0.39, 0.29) is 29.4 Å². The summed E-state index contributed by atoms with van der Waals surface area (Å²) >= 11 is 0. The van der Waals surface area contributed by atoms with Crippen molar-refractivity contribution in [3.8, 4) is 0 Å². The van der Waals surface area contributed by atoms with Crippen molar-refractivity contribution in [2.24, 2.45) is 0 Å². The molecule has 3 N–H and O–H groups in total. The molecule has 0 fully saturated rings. The molecule has 0 aliphatic rings. The Balaban J connectivity index is 2.12. The molecule has 2 aromatic rings. The number of nitro benzene ring substituents is 1. The third-order valence-corrected chi connectivity index (χ3v) is 4.01. The molecule has 0 bridgehead atoms. The number of anilines is 1. The van der Waals surface area contributed by atoms with Crippen LogP contribution in [0, 0.1) is 10.1 Å². The predicted molar refractivity (Wildman–Crippen MR) is 70.7 cm³/mol. The van der Waals surface area contributed by atoms with Crippen LogP contribution in [0.5, 0.6) is 0 Å². The molecule has 0 aliphatic carbocycles. The molecule has 0 saturated carbocycles. The van der Waals surface area contributed by atoms with Crippen LogP contribution >= 0.6 is 0 Å². The maximum absolute atomic E-state index is 12.0. The fourth-order valence-electron chi connectivity index (χ4n) is 1.53. The van der Waals surface area contributed by atoms with Crippen LogP contribution in [0.25, 0.3) is 0 Å². The van der Waals surface area contributed by atoms with E-state index in [4.69, 9.17) is 10.3 Å². The second-order valence-corrected chi connectivity index (χ2v) is 5.73. The molecule has 0 unspecified atom stereocenters. The number of benzene rings is 1. The van der Waals surface area contributed by atoms with Gasteiger partial charge < -0.3 is 10.3 Å². The van der Waals surface area contributed by atoms with E-state index >= 15 is 0 Å². The Morgan fingerprint density at radius 3 is 2.81 bits per heavy atom. The Morgan fingerprint density at radius 2 is 2.19 bits per heavy atom. The molecule has 1 aromatic heterocycles. The largest absolute Gasteiger partial charge is 0.393 e. The number of rotatable bonds is 6. The van der Waals surface area contributed by atoms with Crippen molar-refractivity contribution in [3.05, 3.63) is 40.5 Å². The molecular formula is C10H11N5O5S. The summed E-state index contributed by atoms with van der Waals surface area (Å²) in [7, 11) is -3.89. The maximum atomic E-state index is 12.0. The number of nitro groups is 1. The molecule has 0 spiro atoms. The first-order valence-electron chi connectivity index (χ1n) is 5.69. The molecule has 0 aliphatic heterocycles. The smallest absolute Gasteiger partial charge is 0.293 e. The van der Waals surface area contributed by atoms with E-state index in [1.807, 2.05) is 0 Å². The number of hydrogen-bond acceptors (Lipinski definition) is 8. The third kappa shape index (κ3) is 3.52. The lowest BCUT2D eigenvalue weighted by atomic mass is 10.3. The molecule has 2 rings (SSSR count). The Hall–Kier alpha value is -2.53. The second-order valence-electron chi connectivity index (χ2n) is 3.96. The zero-order valence-corrected chi connectivity index (χ0v) is 11.4. The topological polar surface area (TPSA) is 154 Å². The number of sulfonamides is 1. The average Bonchev–Trinajstić information content (AvgIpc) is 2.91. The average molecular weight is 313 g/mol. The number of aromatic nitrogens is 2. The molecule has 0 radical (unpaired) electrons. The van der Waals surface area contributed by atoms with Gasteiger partial charge in [0.1, 0.15) is 5.69 Å². The zero-order chi connectivity index (χ0) is 15.5. The Morgan fingerprint density at radius 1 is 1.43 bits per heavy atom. The fraction of sp³-hybridized carbons (Fsp3) is 0.200. The van der Waals surface area contributed by atoms with Crippen molar-refractivity contribution < 1.29 is 17.9 Å². The van der Waals surface area contributed by atoms with E-state index in [9.17, 15) is 18.5 Å². The number of nitrogens with one attached hydrogen (secondary N) is 1. The highest BCUT2D eigenvalue weighted by atomic mass is 32.2. The molecule has 1 aromatic carbocycles.